The van der Waals surface area contributed by atoms with Crippen molar-refractivity contribution in [2.75, 3.05) is 0 Å². The molecular weight excluding hydrogens is 241 g/mol. The van der Waals surface area contributed by atoms with E-state index >= 15 is 0 Å². The maximum atomic E-state index is 13.1. The quantitative estimate of drug-likeness (QED) is 0.884. The first-order chi connectivity index (χ1) is 9.22. The molecule has 0 aliphatic heterocycles. The number of hydrogen-bond acceptors (Lipinski definition) is 2. The Balaban J connectivity index is 1.68. The van der Waals surface area contributed by atoms with E-state index in [2.05, 4.69) is 5.32 Å². The molecule has 2 nitrogen and oxygen atoms in total. The van der Waals surface area contributed by atoms with E-state index in [4.69, 9.17) is 0 Å². The minimum Gasteiger partial charge on any atom is -0.508 e. The van der Waals surface area contributed by atoms with Crippen LogP contribution in [0.2, 0.25) is 0 Å². The summed E-state index contributed by atoms with van der Waals surface area (Å²) in [6, 6.07) is 12.5. The summed E-state index contributed by atoms with van der Waals surface area (Å²) in [4.78, 5) is 0. The lowest BCUT2D eigenvalue weighted by atomic mass is 10.1. The van der Waals surface area contributed by atoms with E-state index in [1.165, 1.54) is 11.6 Å². The number of benzene rings is 2. The van der Waals surface area contributed by atoms with Crippen LogP contribution in [-0.4, -0.2) is 5.11 Å². The molecule has 0 saturated heterocycles. The lowest BCUT2D eigenvalue weighted by Crippen LogP contribution is -2.18. The van der Waals surface area contributed by atoms with Crippen molar-refractivity contribution in [3.63, 3.8) is 0 Å². The predicted octanol–water partition coefficient (Wildman–Crippen LogP) is 3.31. The van der Waals surface area contributed by atoms with E-state index in [9.17, 15) is 9.50 Å². The molecular formula is C16H16FNO. The highest BCUT2D eigenvalue weighted by molar-refractivity contribution is 5.35. The van der Waals surface area contributed by atoms with Crippen molar-refractivity contribution in [1.82, 2.24) is 5.32 Å². The van der Waals surface area contributed by atoms with Crippen molar-refractivity contribution < 1.29 is 9.50 Å². The van der Waals surface area contributed by atoms with Gasteiger partial charge < -0.3 is 10.4 Å². The zero-order valence-corrected chi connectivity index (χ0v) is 10.6. The third-order valence-corrected chi connectivity index (χ3v) is 3.67. The standard InChI is InChI=1S/C16H16FNO/c17-13-4-7-15-12(9-13)3-8-16(15)18-10-11-1-5-14(19)6-2-11/h1-2,4-7,9,16,18-19H,3,8,10H2. The van der Waals surface area contributed by atoms with E-state index in [-0.39, 0.29) is 11.6 Å². The molecule has 19 heavy (non-hydrogen) atoms. The SMILES string of the molecule is Oc1ccc(CNC2CCc3cc(F)ccc32)cc1. The molecule has 1 aliphatic rings. The van der Waals surface area contributed by atoms with Gasteiger partial charge in [0.25, 0.3) is 0 Å². The van der Waals surface area contributed by atoms with Crippen LogP contribution in [0.25, 0.3) is 0 Å². The minimum atomic E-state index is -0.155. The largest absolute Gasteiger partial charge is 0.508 e. The molecule has 3 rings (SSSR count). The van der Waals surface area contributed by atoms with Gasteiger partial charge in [-0.3, -0.25) is 0 Å². The summed E-state index contributed by atoms with van der Waals surface area (Å²) in [5.41, 5.74) is 3.46. The zero-order valence-electron chi connectivity index (χ0n) is 10.6. The van der Waals surface area contributed by atoms with Gasteiger partial charge in [-0.15, -0.1) is 0 Å². The minimum absolute atomic E-state index is 0.155. The number of nitrogens with one attached hydrogen (secondary N) is 1. The lowest BCUT2D eigenvalue weighted by molar-refractivity contribution is 0.474. The number of aryl methyl sites for hydroxylation is 1. The van der Waals surface area contributed by atoms with Gasteiger partial charge in [-0.25, -0.2) is 4.39 Å². The molecule has 2 N–H and O–H groups in total. The summed E-state index contributed by atoms with van der Waals surface area (Å²) in [6.45, 7) is 0.752. The molecule has 1 unspecified atom stereocenters. The zero-order chi connectivity index (χ0) is 13.2. The van der Waals surface area contributed by atoms with Crippen molar-refractivity contribution in [2.24, 2.45) is 0 Å². The Kier molecular flexibility index (Phi) is 3.22. The molecule has 1 atom stereocenters. The van der Waals surface area contributed by atoms with Gasteiger partial charge in [0, 0.05) is 12.6 Å². The van der Waals surface area contributed by atoms with Crippen LogP contribution in [0.1, 0.15) is 29.2 Å². The molecule has 98 valence electrons. The van der Waals surface area contributed by atoms with E-state index < -0.39 is 0 Å². The summed E-state index contributed by atoms with van der Waals surface area (Å²) in [5, 5.41) is 12.7. The number of hydrogen-bond donors (Lipinski definition) is 2. The highest BCUT2D eigenvalue weighted by Gasteiger charge is 2.21. The van der Waals surface area contributed by atoms with Crippen molar-refractivity contribution in [3.8, 4) is 5.75 Å². The molecule has 2 aromatic carbocycles. The average Bonchev–Trinajstić information content (AvgIpc) is 2.80. The van der Waals surface area contributed by atoms with Crippen LogP contribution in [0.5, 0.6) is 5.75 Å². The first kappa shape index (κ1) is 12.2. The van der Waals surface area contributed by atoms with Gasteiger partial charge in [-0.2, -0.15) is 0 Å². The molecule has 0 aromatic heterocycles. The van der Waals surface area contributed by atoms with Crippen LogP contribution < -0.4 is 5.32 Å². The summed E-state index contributed by atoms with van der Waals surface area (Å²) in [6.07, 6.45) is 1.94. The van der Waals surface area contributed by atoms with Gasteiger partial charge in [0.15, 0.2) is 0 Å². The van der Waals surface area contributed by atoms with Gasteiger partial charge in [0.2, 0.25) is 0 Å². The fourth-order valence-corrected chi connectivity index (χ4v) is 2.65. The Morgan fingerprint density at radius 1 is 1.16 bits per heavy atom. The smallest absolute Gasteiger partial charge is 0.123 e. The van der Waals surface area contributed by atoms with Crippen LogP contribution >= 0.6 is 0 Å². The Labute approximate surface area is 111 Å². The van der Waals surface area contributed by atoms with Gasteiger partial charge >= 0.3 is 0 Å². The molecule has 0 bridgehead atoms. The maximum absolute atomic E-state index is 13.1. The van der Waals surface area contributed by atoms with Crippen molar-refractivity contribution >= 4 is 0 Å². The first-order valence-electron chi connectivity index (χ1n) is 6.52. The van der Waals surface area contributed by atoms with Gasteiger partial charge in [0.1, 0.15) is 11.6 Å². The molecule has 0 radical (unpaired) electrons. The monoisotopic (exact) mass is 257 g/mol. The molecule has 0 spiro atoms. The fourth-order valence-electron chi connectivity index (χ4n) is 2.65. The van der Waals surface area contributed by atoms with Crippen LogP contribution in [-0.2, 0) is 13.0 Å². The summed E-state index contributed by atoms with van der Waals surface area (Å²) in [7, 11) is 0. The molecule has 0 saturated carbocycles. The number of phenolic OH excluding ortho intramolecular Hbond substituents is 1. The third-order valence-electron chi connectivity index (χ3n) is 3.67. The van der Waals surface area contributed by atoms with Crippen LogP contribution in [0.4, 0.5) is 4.39 Å². The lowest BCUT2D eigenvalue weighted by Gasteiger charge is -2.14. The Morgan fingerprint density at radius 3 is 2.74 bits per heavy atom. The van der Waals surface area contributed by atoms with Crippen molar-refractivity contribution in [2.45, 2.75) is 25.4 Å². The van der Waals surface area contributed by atoms with Crippen LogP contribution in [0, 0.1) is 5.82 Å². The summed E-state index contributed by atoms with van der Waals surface area (Å²) >= 11 is 0. The number of halogens is 1. The fraction of sp³-hybridized carbons (Fsp3) is 0.250. The second-order valence-corrected chi connectivity index (χ2v) is 4.98. The number of rotatable bonds is 3. The Hall–Kier alpha value is -1.87. The number of aromatic hydroxyl groups is 1. The third kappa shape index (κ3) is 2.61. The van der Waals surface area contributed by atoms with Crippen molar-refractivity contribution in [1.29, 1.82) is 0 Å². The molecule has 0 fully saturated rings. The highest BCUT2D eigenvalue weighted by Crippen LogP contribution is 2.31. The highest BCUT2D eigenvalue weighted by atomic mass is 19.1. The van der Waals surface area contributed by atoms with Gasteiger partial charge in [-0.05, 0) is 53.8 Å². The van der Waals surface area contributed by atoms with Gasteiger partial charge in [-0.1, -0.05) is 18.2 Å². The van der Waals surface area contributed by atoms with E-state index in [0.29, 0.717) is 6.04 Å². The average molecular weight is 257 g/mol. The number of phenols is 1. The second kappa shape index (κ2) is 5.02. The van der Waals surface area contributed by atoms with Crippen LogP contribution in [0.3, 0.4) is 0 Å². The topological polar surface area (TPSA) is 32.3 Å². The molecule has 0 heterocycles. The molecule has 2 aromatic rings. The van der Waals surface area contributed by atoms with E-state index in [0.717, 1.165) is 30.5 Å². The maximum Gasteiger partial charge on any atom is 0.123 e. The second-order valence-electron chi connectivity index (χ2n) is 4.98. The van der Waals surface area contributed by atoms with Gasteiger partial charge in [0.05, 0.1) is 0 Å². The van der Waals surface area contributed by atoms with Crippen molar-refractivity contribution in [3.05, 3.63) is 65.0 Å². The van der Waals surface area contributed by atoms with E-state index in [1.807, 2.05) is 18.2 Å². The molecule has 3 heteroatoms. The summed E-state index contributed by atoms with van der Waals surface area (Å²) in [5.74, 6) is 0.128. The normalized spacial score (nSPS) is 17.4. The molecule has 1 aliphatic carbocycles. The first-order valence-corrected chi connectivity index (χ1v) is 6.52. The number of fused-ring (bicyclic) bond motifs is 1. The van der Waals surface area contributed by atoms with E-state index in [1.54, 1.807) is 18.2 Å². The Morgan fingerprint density at radius 2 is 1.95 bits per heavy atom. The summed E-state index contributed by atoms with van der Waals surface area (Å²) < 4.78 is 13.1. The molecule has 0 amide bonds. The Bertz CT molecular complexity index is 580. The van der Waals surface area contributed by atoms with Crippen LogP contribution in [0.15, 0.2) is 42.5 Å². The predicted molar refractivity (Wildman–Crippen MR) is 72.4 cm³/mol.